The minimum atomic E-state index is -1.21. The number of carbonyl (C=O) groups is 3. The largest absolute Gasteiger partial charge is 0.477 e. The summed E-state index contributed by atoms with van der Waals surface area (Å²) in [6.07, 6.45) is 3.64. The number of carboxylic acids is 1. The van der Waals surface area contributed by atoms with E-state index in [2.05, 4.69) is 29.8 Å². The van der Waals surface area contributed by atoms with Gasteiger partial charge in [-0.05, 0) is 20.2 Å². The Labute approximate surface area is 246 Å². The molecule has 3 aromatic heterocycles. The highest BCUT2D eigenvalue weighted by molar-refractivity contribution is 8.00. The number of nitrogen functional groups attached to an aromatic ring is 1. The number of oxime groups is 1. The van der Waals surface area contributed by atoms with E-state index in [1.165, 1.54) is 23.8 Å². The molecule has 0 bridgehead atoms. The summed E-state index contributed by atoms with van der Waals surface area (Å²) >= 11 is 3.91. The van der Waals surface area contributed by atoms with Gasteiger partial charge in [0.2, 0.25) is 11.5 Å². The van der Waals surface area contributed by atoms with Gasteiger partial charge in [-0.3, -0.25) is 14.5 Å². The van der Waals surface area contributed by atoms with Gasteiger partial charge in [-0.1, -0.05) is 10.3 Å². The maximum absolute atomic E-state index is 13.1. The second kappa shape index (κ2) is 12.0. The average Bonchev–Trinajstić information content (AvgIpc) is 3.55. The van der Waals surface area contributed by atoms with Crippen molar-refractivity contribution in [1.82, 2.24) is 34.1 Å². The fourth-order valence-corrected chi connectivity index (χ4v) is 7.09. The Hall–Kier alpha value is -3.74. The Morgan fingerprint density at radius 1 is 1.39 bits per heavy atom. The first kappa shape index (κ1) is 28.8. The molecule has 2 aliphatic heterocycles. The van der Waals surface area contributed by atoms with Crippen molar-refractivity contribution in [2.45, 2.75) is 23.0 Å². The summed E-state index contributed by atoms with van der Waals surface area (Å²) in [6, 6.07) is 2.92. The molecule has 1 saturated heterocycles. The van der Waals surface area contributed by atoms with E-state index in [-0.39, 0.29) is 28.9 Å². The standard InChI is InChI=1S/C23H26N10O5S3/c1-30(2)8-9-39-13-4-5-14-31(6-7-32(14)27-13)10-12-11-40-21-16(20(35)33(21)17(12)22(36)37)25-19(34)15(28-38-3)18-26-23(24)41-29-18/h4-7,16,21H,8-11H2,1-3H3,(H3-,24,25,26,29,34,36,37)/p+1/b28-15-/t16-,21-/m1/s1. The normalized spacial score (nSPS) is 19.0. The smallest absolute Gasteiger partial charge is 0.352 e. The minimum absolute atomic E-state index is 0.0363. The van der Waals surface area contributed by atoms with Crippen molar-refractivity contribution in [2.75, 3.05) is 45.0 Å². The van der Waals surface area contributed by atoms with Crippen LogP contribution in [0.1, 0.15) is 5.82 Å². The van der Waals surface area contributed by atoms with Crippen LogP contribution in [0.5, 0.6) is 0 Å². The average molecular weight is 620 g/mol. The van der Waals surface area contributed by atoms with Crippen molar-refractivity contribution in [1.29, 1.82) is 0 Å². The van der Waals surface area contributed by atoms with Gasteiger partial charge in [-0.15, -0.1) is 28.0 Å². The molecule has 0 radical (unpaired) electrons. The zero-order valence-electron chi connectivity index (χ0n) is 22.3. The van der Waals surface area contributed by atoms with Gasteiger partial charge in [0.25, 0.3) is 11.8 Å². The third-order valence-electron chi connectivity index (χ3n) is 6.24. The summed E-state index contributed by atoms with van der Waals surface area (Å²) in [5, 5.41) is 21.4. The number of aromatic nitrogens is 5. The third kappa shape index (κ3) is 5.85. The second-order valence-corrected chi connectivity index (χ2v) is 12.3. The molecular formula is C23H27N10O5S3+. The molecule has 0 aliphatic carbocycles. The van der Waals surface area contributed by atoms with Crippen molar-refractivity contribution in [2.24, 2.45) is 5.16 Å². The number of carboxylic acid groups (broad SMARTS) is 1. The van der Waals surface area contributed by atoms with E-state index in [4.69, 9.17) is 10.6 Å². The van der Waals surface area contributed by atoms with E-state index in [0.29, 0.717) is 11.3 Å². The molecule has 2 atom stereocenters. The lowest BCUT2D eigenvalue weighted by Gasteiger charge is -2.49. The molecule has 1 fully saturated rings. The molecule has 0 saturated carbocycles. The highest BCUT2D eigenvalue weighted by Crippen LogP contribution is 2.40. The number of aliphatic carboxylic acids is 1. The number of thioether (sulfide) groups is 2. The zero-order valence-corrected chi connectivity index (χ0v) is 24.7. The predicted octanol–water partition coefficient (Wildman–Crippen LogP) is -0.501. The van der Waals surface area contributed by atoms with Crippen LogP contribution in [0.3, 0.4) is 0 Å². The van der Waals surface area contributed by atoms with E-state index in [0.717, 1.165) is 34.5 Å². The molecule has 18 heteroatoms. The molecule has 3 aromatic rings. The van der Waals surface area contributed by atoms with Crippen molar-refractivity contribution < 1.29 is 28.9 Å². The number of carbonyl (C=O) groups excluding carboxylic acids is 2. The lowest BCUT2D eigenvalue weighted by molar-refractivity contribution is -0.662. The predicted molar refractivity (Wildman–Crippen MR) is 152 cm³/mol. The van der Waals surface area contributed by atoms with Crippen molar-refractivity contribution in [3.05, 3.63) is 41.6 Å². The molecule has 2 aliphatic rings. The lowest BCUT2D eigenvalue weighted by atomic mass is 10.0. The Morgan fingerprint density at radius 2 is 2.20 bits per heavy atom. The van der Waals surface area contributed by atoms with Gasteiger partial charge in [0.05, 0.1) is 0 Å². The van der Waals surface area contributed by atoms with Gasteiger partial charge in [0.15, 0.2) is 11.3 Å². The van der Waals surface area contributed by atoms with Gasteiger partial charge < -0.3 is 25.9 Å². The fourth-order valence-electron chi connectivity index (χ4n) is 4.34. The zero-order chi connectivity index (χ0) is 29.3. The van der Waals surface area contributed by atoms with Crippen LogP contribution >= 0.6 is 35.1 Å². The van der Waals surface area contributed by atoms with Crippen LogP contribution in [0.2, 0.25) is 0 Å². The topological polar surface area (TPSA) is 185 Å². The first-order valence-corrected chi connectivity index (χ1v) is 15.1. The van der Waals surface area contributed by atoms with Crippen LogP contribution in [-0.4, -0.2) is 108 Å². The van der Waals surface area contributed by atoms with Gasteiger partial charge in [0.1, 0.15) is 42.0 Å². The van der Waals surface area contributed by atoms with E-state index in [9.17, 15) is 19.5 Å². The van der Waals surface area contributed by atoms with Crippen molar-refractivity contribution in [3.63, 3.8) is 0 Å². The number of imidazole rings is 1. The summed E-state index contributed by atoms with van der Waals surface area (Å²) < 4.78 is 7.62. The van der Waals surface area contributed by atoms with Crippen LogP contribution < -0.4 is 15.6 Å². The number of amides is 2. The molecule has 41 heavy (non-hydrogen) atoms. The van der Waals surface area contributed by atoms with Crippen LogP contribution in [0.25, 0.3) is 5.65 Å². The van der Waals surface area contributed by atoms with E-state index < -0.39 is 29.2 Å². The van der Waals surface area contributed by atoms with E-state index in [1.54, 1.807) is 16.3 Å². The number of hydrogen-bond acceptors (Lipinski definition) is 13. The molecule has 4 N–H and O–H groups in total. The van der Waals surface area contributed by atoms with Gasteiger partial charge in [-0.2, -0.15) is 9.36 Å². The second-order valence-electron chi connectivity index (χ2n) is 9.25. The summed E-state index contributed by atoms with van der Waals surface area (Å²) in [6.45, 7) is 1.19. The van der Waals surface area contributed by atoms with Crippen LogP contribution in [0.15, 0.2) is 46.0 Å². The third-order valence-corrected chi connectivity index (χ3v) is 9.02. The summed E-state index contributed by atoms with van der Waals surface area (Å²) in [7, 11) is 5.30. The number of rotatable bonds is 11. The molecule has 15 nitrogen and oxygen atoms in total. The number of anilines is 1. The lowest BCUT2D eigenvalue weighted by Crippen LogP contribution is -2.71. The molecule has 0 spiro atoms. The molecular weight excluding hydrogens is 593 g/mol. The van der Waals surface area contributed by atoms with E-state index in [1.807, 2.05) is 43.2 Å². The maximum atomic E-state index is 13.1. The molecule has 2 amide bonds. The maximum Gasteiger partial charge on any atom is 0.352 e. The quantitative estimate of drug-likeness (QED) is 0.0823. The Balaban J connectivity index is 1.32. The SMILES string of the molecule is CO/N=C(\C(=O)N[C@@H]1C(=O)N2C(C(=O)O)=C(C[n+]3ccn4nc(SCCN(C)C)ccc43)CS[C@H]12)c1nsc(N)n1. The molecule has 5 rings (SSSR count). The van der Waals surface area contributed by atoms with Gasteiger partial charge in [0, 0.05) is 41.2 Å². The highest BCUT2D eigenvalue weighted by atomic mass is 32.2. The molecule has 0 unspecified atom stereocenters. The van der Waals surface area contributed by atoms with Crippen molar-refractivity contribution in [3.8, 4) is 0 Å². The van der Waals surface area contributed by atoms with Crippen LogP contribution in [0.4, 0.5) is 5.13 Å². The minimum Gasteiger partial charge on any atom is -0.477 e. The molecule has 0 aromatic carbocycles. The Kier molecular flexibility index (Phi) is 8.43. The summed E-state index contributed by atoms with van der Waals surface area (Å²) in [5.41, 5.74) is 6.64. The number of nitrogens with two attached hydrogens (primary N) is 1. The van der Waals surface area contributed by atoms with Crippen molar-refractivity contribution >= 4 is 69.3 Å². The Bertz CT molecular complexity index is 1570. The van der Waals surface area contributed by atoms with E-state index >= 15 is 0 Å². The molecule has 216 valence electrons. The number of nitrogens with zero attached hydrogens (tertiary/aromatic N) is 8. The van der Waals surface area contributed by atoms with Crippen LogP contribution in [-0.2, 0) is 25.8 Å². The fraction of sp³-hybridized carbons (Fsp3) is 0.391. The molecule has 5 heterocycles. The van der Waals surface area contributed by atoms with Gasteiger partial charge in [-0.25, -0.2) is 9.36 Å². The highest BCUT2D eigenvalue weighted by Gasteiger charge is 2.54. The van der Waals surface area contributed by atoms with Gasteiger partial charge >= 0.3 is 11.6 Å². The summed E-state index contributed by atoms with van der Waals surface area (Å²) in [5.74, 6) is -1.28. The Morgan fingerprint density at radius 3 is 2.88 bits per heavy atom. The monoisotopic (exact) mass is 619 g/mol. The number of β-lactam (4-membered cyclic amide) rings is 1. The number of hydrogen-bond donors (Lipinski definition) is 3. The summed E-state index contributed by atoms with van der Waals surface area (Å²) in [4.78, 5) is 50.5. The number of nitrogens with one attached hydrogen (secondary N) is 1. The first-order chi connectivity index (χ1) is 19.7. The van der Waals surface area contributed by atoms with Crippen LogP contribution in [0, 0.1) is 0 Å². The first-order valence-electron chi connectivity index (χ1n) is 12.2. The number of fused-ring (bicyclic) bond motifs is 2.